The Morgan fingerprint density at radius 3 is 2.92 bits per heavy atom. The standard InChI is InChI=1S/C18H18N2O4/c1-11-18(22)20-15-8-12(6-7-16(15)24-11)9-17(21)19-13-4-3-5-14(10-13)23-2/h3-8,10-11H,9H2,1-2H3,(H,19,21)(H,20,22). The van der Waals surface area contributed by atoms with Crippen molar-refractivity contribution < 1.29 is 19.1 Å². The summed E-state index contributed by atoms with van der Waals surface area (Å²) < 4.78 is 10.6. The van der Waals surface area contributed by atoms with Crippen LogP contribution < -0.4 is 20.1 Å². The summed E-state index contributed by atoms with van der Waals surface area (Å²) in [5.74, 6) is 0.940. The normalized spacial score (nSPS) is 15.8. The van der Waals surface area contributed by atoms with E-state index >= 15 is 0 Å². The molecule has 24 heavy (non-hydrogen) atoms. The summed E-state index contributed by atoms with van der Waals surface area (Å²) in [6, 6.07) is 12.5. The topological polar surface area (TPSA) is 76.7 Å². The average molecular weight is 326 g/mol. The van der Waals surface area contributed by atoms with Gasteiger partial charge in [0, 0.05) is 11.8 Å². The first-order valence-corrected chi connectivity index (χ1v) is 7.59. The second-order valence-electron chi connectivity index (χ2n) is 5.54. The maximum atomic E-state index is 12.2. The van der Waals surface area contributed by atoms with E-state index in [0.29, 0.717) is 22.9 Å². The fraction of sp³-hybridized carbons (Fsp3) is 0.222. The number of amides is 2. The minimum atomic E-state index is -0.514. The Morgan fingerprint density at radius 1 is 1.29 bits per heavy atom. The molecule has 0 aliphatic carbocycles. The number of anilines is 2. The lowest BCUT2D eigenvalue weighted by molar-refractivity contribution is -0.122. The molecule has 2 aromatic rings. The van der Waals surface area contributed by atoms with E-state index in [2.05, 4.69) is 10.6 Å². The van der Waals surface area contributed by atoms with E-state index in [1.807, 2.05) is 12.1 Å². The molecule has 0 aromatic heterocycles. The van der Waals surface area contributed by atoms with Gasteiger partial charge in [-0.05, 0) is 36.8 Å². The first-order valence-electron chi connectivity index (χ1n) is 7.59. The van der Waals surface area contributed by atoms with Crippen molar-refractivity contribution in [1.82, 2.24) is 0 Å². The molecule has 1 aliphatic heterocycles. The first-order chi connectivity index (χ1) is 11.5. The molecule has 0 radical (unpaired) electrons. The molecule has 0 spiro atoms. The van der Waals surface area contributed by atoms with Crippen LogP contribution in [0.5, 0.6) is 11.5 Å². The molecule has 2 amide bonds. The molecule has 3 rings (SSSR count). The van der Waals surface area contributed by atoms with Crippen LogP contribution in [0.15, 0.2) is 42.5 Å². The van der Waals surface area contributed by atoms with E-state index < -0.39 is 6.10 Å². The SMILES string of the molecule is COc1cccc(NC(=O)Cc2ccc3c(c2)NC(=O)C(C)O3)c1. The van der Waals surface area contributed by atoms with Crippen LogP contribution >= 0.6 is 0 Å². The van der Waals surface area contributed by atoms with Crippen molar-refractivity contribution >= 4 is 23.2 Å². The zero-order valence-corrected chi connectivity index (χ0v) is 13.5. The highest BCUT2D eigenvalue weighted by Gasteiger charge is 2.23. The van der Waals surface area contributed by atoms with E-state index in [0.717, 1.165) is 5.56 Å². The quantitative estimate of drug-likeness (QED) is 0.905. The highest BCUT2D eigenvalue weighted by molar-refractivity contribution is 5.98. The Labute approximate surface area is 139 Å². The van der Waals surface area contributed by atoms with Crippen LogP contribution in [-0.4, -0.2) is 25.0 Å². The summed E-state index contributed by atoms with van der Waals surface area (Å²) in [4.78, 5) is 23.9. The lowest BCUT2D eigenvalue weighted by Crippen LogP contribution is -2.34. The van der Waals surface area contributed by atoms with Crippen molar-refractivity contribution in [3.8, 4) is 11.5 Å². The minimum absolute atomic E-state index is 0.153. The molecule has 1 aliphatic rings. The molecule has 1 heterocycles. The number of carbonyl (C=O) groups excluding carboxylic acids is 2. The number of benzene rings is 2. The maximum Gasteiger partial charge on any atom is 0.265 e. The molecule has 0 bridgehead atoms. The van der Waals surface area contributed by atoms with Gasteiger partial charge in [-0.15, -0.1) is 0 Å². The Bertz CT molecular complexity index is 788. The van der Waals surface area contributed by atoms with Gasteiger partial charge in [-0.25, -0.2) is 0 Å². The van der Waals surface area contributed by atoms with E-state index in [4.69, 9.17) is 9.47 Å². The number of ether oxygens (including phenoxy) is 2. The van der Waals surface area contributed by atoms with Crippen LogP contribution in [0, 0.1) is 0 Å². The van der Waals surface area contributed by atoms with Gasteiger partial charge in [-0.2, -0.15) is 0 Å². The van der Waals surface area contributed by atoms with E-state index in [-0.39, 0.29) is 18.2 Å². The van der Waals surface area contributed by atoms with Gasteiger partial charge in [0.15, 0.2) is 6.10 Å². The van der Waals surface area contributed by atoms with Crippen LogP contribution in [-0.2, 0) is 16.0 Å². The van der Waals surface area contributed by atoms with Crippen molar-refractivity contribution in [2.45, 2.75) is 19.4 Å². The van der Waals surface area contributed by atoms with E-state index in [1.54, 1.807) is 44.4 Å². The zero-order chi connectivity index (χ0) is 17.1. The van der Waals surface area contributed by atoms with Crippen LogP contribution in [0.2, 0.25) is 0 Å². The van der Waals surface area contributed by atoms with Crippen LogP contribution in [0.3, 0.4) is 0 Å². The fourth-order valence-corrected chi connectivity index (χ4v) is 2.46. The molecule has 0 fully saturated rings. The van der Waals surface area contributed by atoms with E-state index in [9.17, 15) is 9.59 Å². The monoisotopic (exact) mass is 326 g/mol. The number of methoxy groups -OCH3 is 1. The van der Waals surface area contributed by atoms with Crippen molar-refractivity contribution in [3.05, 3.63) is 48.0 Å². The van der Waals surface area contributed by atoms with Gasteiger partial charge in [0.1, 0.15) is 11.5 Å². The van der Waals surface area contributed by atoms with Crippen LogP contribution in [0.25, 0.3) is 0 Å². The van der Waals surface area contributed by atoms with Crippen LogP contribution in [0.1, 0.15) is 12.5 Å². The molecule has 1 unspecified atom stereocenters. The Balaban J connectivity index is 1.68. The number of carbonyl (C=O) groups is 2. The predicted molar refractivity (Wildman–Crippen MR) is 90.5 cm³/mol. The number of rotatable bonds is 4. The van der Waals surface area contributed by atoms with Gasteiger partial charge < -0.3 is 20.1 Å². The molecule has 6 heteroatoms. The number of fused-ring (bicyclic) bond motifs is 1. The van der Waals surface area contributed by atoms with Gasteiger partial charge in [0.2, 0.25) is 5.91 Å². The summed E-state index contributed by atoms with van der Waals surface area (Å²) >= 11 is 0. The van der Waals surface area contributed by atoms with Crippen molar-refractivity contribution in [1.29, 1.82) is 0 Å². The van der Waals surface area contributed by atoms with Gasteiger partial charge in [0.05, 0.1) is 19.2 Å². The smallest absolute Gasteiger partial charge is 0.265 e. The summed E-state index contributed by atoms with van der Waals surface area (Å²) in [7, 11) is 1.57. The molecule has 0 saturated carbocycles. The van der Waals surface area contributed by atoms with E-state index in [1.165, 1.54) is 0 Å². The number of hydrogen-bond acceptors (Lipinski definition) is 4. The highest BCUT2D eigenvalue weighted by atomic mass is 16.5. The summed E-state index contributed by atoms with van der Waals surface area (Å²) in [6.45, 7) is 1.69. The number of nitrogens with one attached hydrogen (secondary N) is 2. The van der Waals surface area contributed by atoms with Crippen molar-refractivity contribution in [2.24, 2.45) is 0 Å². The van der Waals surface area contributed by atoms with Gasteiger partial charge in [-0.3, -0.25) is 9.59 Å². The summed E-state index contributed by atoms with van der Waals surface area (Å²) in [6.07, 6.45) is -0.324. The molecule has 124 valence electrons. The third-order valence-corrected chi connectivity index (χ3v) is 3.69. The fourth-order valence-electron chi connectivity index (χ4n) is 2.46. The summed E-state index contributed by atoms with van der Waals surface area (Å²) in [5, 5.41) is 5.60. The molecule has 0 saturated heterocycles. The lowest BCUT2D eigenvalue weighted by atomic mass is 10.1. The highest BCUT2D eigenvalue weighted by Crippen LogP contribution is 2.30. The Hall–Kier alpha value is -3.02. The Morgan fingerprint density at radius 2 is 2.12 bits per heavy atom. The van der Waals surface area contributed by atoms with Crippen molar-refractivity contribution in [3.63, 3.8) is 0 Å². The second-order valence-corrected chi connectivity index (χ2v) is 5.54. The molecular formula is C18H18N2O4. The molecular weight excluding hydrogens is 308 g/mol. The molecule has 2 aromatic carbocycles. The average Bonchev–Trinajstić information content (AvgIpc) is 2.56. The van der Waals surface area contributed by atoms with Gasteiger partial charge in [0.25, 0.3) is 5.91 Å². The third-order valence-electron chi connectivity index (χ3n) is 3.69. The third kappa shape index (κ3) is 3.48. The molecule has 6 nitrogen and oxygen atoms in total. The van der Waals surface area contributed by atoms with Crippen molar-refractivity contribution in [2.75, 3.05) is 17.7 Å². The minimum Gasteiger partial charge on any atom is -0.497 e. The lowest BCUT2D eigenvalue weighted by Gasteiger charge is -2.23. The molecule has 2 N–H and O–H groups in total. The first kappa shape index (κ1) is 15.9. The summed E-state index contributed by atoms with van der Waals surface area (Å²) in [5.41, 5.74) is 2.04. The van der Waals surface area contributed by atoms with Gasteiger partial charge in [-0.1, -0.05) is 12.1 Å². The van der Waals surface area contributed by atoms with Crippen LogP contribution in [0.4, 0.5) is 11.4 Å². The van der Waals surface area contributed by atoms with Gasteiger partial charge >= 0.3 is 0 Å². The Kier molecular flexibility index (Phi) is 4.37. The number of hydrogen-bond donors (Lipinski definition) is 2. The predicted octanol–water partition coefficient (Wildman–Crippen LogP) is 2.60. The largest absolute Gasteiger partial charge is 0.497 e. The maximum absolute atomic E-state index is 12.2. The zero-order valence-electron chi connectivity index (χ0n) is 13.5. The molecule has 1 atom stereocenters. The second kappa shape index (κ2) is 6.62.